The minimum absolute atomic E-state index is 0.625. The van der Waals surface area contributed by atoms with Crippen LogP contribution in [0.2, 0.25) is 0 Å². The summed E-state index contributed by atoms with van der Waals surface area (Å²) in [6.45, 7) is 16.5. The number of nitrogens with zero attached hydrogens (tertiary/aromatic N) is 4. The fourth-order valence-electron chi connectivity index (χ4n) is 8.74. The minimum Gasteiger partial charge on any atom is -0.237 e. The average Bonchev–Trinajstić information content (AvgIpc) is 3.30. The molecule has 0 spiro atoms. The molecule has 1 heterocycles. The Kier molecular flexibility index (Phi) is 9.79. The lowest BCUT2D eigenvalue weighted by Gasteiger charge is -2.12. The van der Waals surface area contributed by atoms with E-state index in [-0.39, 0.29) is 0 Å². The van der Waals surface area contributed by atoms with Gasteiger partial charge in [-0.1, -0.05) is 162 Å². The van der Waals surface area contributed by atoms with Gasteiger partial charge < -0.3 is 0 Å². The van der Waals surface area contributed by atoms with Crippen LogP contribution < -0.4 is 0 Å². The fourth-order valence-corrected chi connectivity index (χ4v) is 8.74. The summed E-state index contributed by atoms with van der Waals surface area (Å²) in [4.78, 5) is 19.0. The van der Waals surface area contributed by atoms with Gasteiger partial charge >= 0.3 is 0 Å². The first-order chi connectivity index (χ1) is 30.2. The maximum Gasteiger partial charge on any atom is 0.195 e. The number of benzene rings is 9. The summed E-state index contributed by atoms with van der Waals surface area (Å²) in [7, 11) is 0. The zero-order valence-corrected chi connectivity index (χ0v) is 35.1. The highest BCUT2D eigenvalue weighted by Gasteiger charge is 2.15. The summed E-state index contributed by atoms with van der Waals surface area (Å²) in [6, 6.07) is 64.2. The van der Waals surface area contributed by atoms with Gasteiger partial charge in [-0.2, -0.15) is 0 Å². The normalized spacial score (nSPS) is 11.2. The number of hydrogen-bond donors (Lipinski definition) is 0. The smallest absolute Gasteiger partial charge is 0.195 e. The molecule has 0 saturated carbocycles. The molecule has 0 fully saturated rings. The van der Waals surface area contributed by atoms with E-state index in [9.17, 15) is 0 Å². The maximum absolute atomic E-state index is 8.14. The molecule has 0 amide bonds. The molecule has 4 heteroatoms. The molecule has 0 aliphatic rings. The van der Waals surface area contributed by atoms with Crippen molar-refractivity contribution < 1.29 is 0 Å². The Bertz CT molecular complexity index is 3280. The molecule has 1 aromatic heterocycles. The molecule has 294 valence electrons. The van der Waals surface area contributed by atoms with Crippen molar-refractivity contribution in [2.75, 3.05) is 0 Å². The Hall–Kier alpha value is -8.00. The predicted molar refractivity (Wildman–Crippen MR) is 258 cm³/mol. The van der Waals surface area contributed by atoms with E-state index in [2.05, 4.69) is 208 Å². The van der Waals surface area contributed by atoms with Gasteiger partial charge in [0.1, 0.15) is 0 Å². The van der Waals surface area contributed by atoms with Gasteiger partial charge in [-0.05, 0) is 136 Å². The first kappa shape index (κ1) is 38.2. The zero-order chi connectivity index (χ0) is 42.3. The van der Waals surface area contributed by atoms with Crippen LogP contribution in [0.3, 0.4) is 0 Å². The summed E-state index contributed by atoms with van der Waals surface area (Å²) in [5.41, 5.74) is 16.7. The number of hydrogen-bond acceptors (Lipinski definition) is 3. The van der Waals surface area contributed by atoms with Crippen LogP contribution in [-0.2, 0) is 0 Å². The Morgan fingerprint density at radius 2 is 0.774 bits per heavy atom. The third-order valence-electron chi connectivity index (χ3n) is 11.7. The molecule has 10 aromatic rings. The van der Waals surface area contributed by atoms with Crippen LogP contribution >= 0.6 is 0 Å². The molecule has 62 heavy (non-hydrogen) atoms. The van der Waals surface area contributed by atoms with Crippen LogP contribution in [0.25, 0.3) is 105 Å². The summed E-state index contributed by atoms with van der Waals surface area (Å²) < 4.78 is 0. The molecule has 0 N–H and O–H groups in total. The van der Waals surface area contributed by atoms with Gasteiger partial charge in [0.25, 0.3) is 0 Å². The van der Waals surface area contributed by atoms with Gasteiger partial charge in [0, 0.05) is 16.7 Å². The highest BCUT2D eigenvalue weighted by Crippen LogP contribution is 2.38. The second kappa shape index (κ2) is 15.9. The molecule has 0 saturated heterocycles. The van der Waals surface area contributed by atoms with Crippen molar-refractivity contribution in [3.8, 4) is 78.7 Å². The van der Waals surface area contributed by atoms with Crippen LogP contribution in [0.4, 0.5) is 5.69 Å². The minimum atomic E-state index is 0.625. The van der Waals surface area contributed by atoms with Crippen LogP contribution in [0.15, 0.2) is 182 Å². The number of rotatable bonds is 7. The van der Waals surface area contributed by atoms with Crippen LogP contribution in [-0.4, -0.2) is 15.0 Å². The summed E-state index contributed by atoms with van der Waals surface area (Å²) in [6.07, 6.45) is 0. The quantitative estimate of drug-likeness (QED) is 0.119. The molecular formula is C58H42N4. The second-order valence-electron chi connectivity index (χ2n) is 16.4. The Labute approximate surface area is 362 Å². The monoisotopic (exact) mass is 794 g/mol. The van der Waals surface area contributed by atoms with Crippen molar-refractivity contribution in [3.05, 3.63) is 216 Å². The SMILES string of the molecule is [C-]#[N+]c1cc(-c2cccc(-c3ccc4c(ccc5ccccc54)c3)c2)ccc1-c1ccc(-c2ccc(-c3nc(-c4cc(C)cc(C)c4)nc(-c4cc(C)cc(C)c4)n3)cc2)cc1. The number of aryl methyl sites for hydroxylation is 4. The van der Waals surface area contributed by atoms with Crippen molar-refractivity contribution in [3.63, 3.8) is 0 Å². The summed E-state index contributed by atoms with van der Waals surface area (Å²) in [5.74, 6) is 1.95. The highest BCUT2D eigenvalue weighted by atomic mass is 15.0. The molecule has 9 aromatic carbocycles. The van der Waals surface area contributed by atoms with E-state index in [1.807, 2.05) is 6.07 Å². The van der Waals surface area contributed by atoms with E-state index in [0.29, 0.717) is 23.2 Å². The van der Waals surface area contributed by atoms with Gasteiger partial charge in [0.2, 0.25) is 0 Å². The Balaban J connectivity index is 0.912. The molecule has 10 rings (SSSR count). The lowest BCUT2D eigenvalue weighted by molar-refractivity contribution is 1.07. The molecule has 0 aliphatic heterocycles. The van der Waals surface area contributed by atoms with E-state index in [1.165, 1.54) is 49.4 Å². The topological polar surface area (TPSA) is 43.0 Å². The van der Waals surface area contributed by atoms with Gasteiger partial charge in [-0.25, -0.2) is 19.8 Å². The van der Waals surface area contributed by atoms with Crippen LogP contribution in [0.1, 0.15) is 22.3 Å². The lowest BCUT2D eigenvalue weighted by Crippen LogP contribution is -2.01. The van der Waals surface area contributed by atoms with E-state index < -0.39 is 0 Å². The van der Waals surface area contributed by atoms with Crippen molar-refractivity contribution in [1.82, 2.24) is 15.0 Å². The van der Waals surface area contributed by atoms with Gasteiger partial charge in [-0.3, -0.25) is 0 Å². The van der Waals surface area contributed by atoms with Crippen molar-refractivity contribution >= 4 is 27.2 Å². The number of fused-ring (bicyclic) bond motifs is 3. The molecule has 0 radical (unpaired) electrons. The first-order valence-corrected chi connectivity index (χ1v) is 20.9. The van der Waals surface area contributed by atoms with Crippen molar-refractivity contribution in [2.24, 2.45) is 0 Å². The highest BCUT2D eigenvalue weighted by molar-refractivity contribution is 6.08. The molecule has 0 bridgehead atoms. The lowest BCUT2D eigenvalue weighted by atomic mass is 9.94. The molecular weight excluding hydrogens is 753 g/mol. The van der Waals surface area contributed by atoms with Gasteiger partial charge in [0.15, 0.2) is 23.2 Å². The van der Waals surface area contributed by atoms with E-state index in [1.54, 1.807) is 0 Å². The molecule has 4 nitrogen and oxygen atoms in total. The van der Waals surface area contributed by atoms with E-state index in [4.69, 9.17) is 21.5 Å². The molecule has 0 unspecified atom stereocenters. The zero-order valence-electron chi connectivity index (χ0n) is 35.1. The molecule has 0 aliphatic carbocycles. The first-order valence-electron chi connectivity index (χ1n) is 20.9. The van der Waals surface area contributed by atoms with Gasteiger partial charge in [0.05, 0.1) is 6.57 Å². The fraction of sp³-hybridized carbons (Fsp3) is 0.0690. The van der Waals surface area contributed by atoms with E-state index in [0.717, 1.165) is 55.6 Å². The largest absolute Gasteiger partial charge is 0.237 e. The van der Waals surface area contributed by atoms with Crippen LogP contribution in [0.5, 0.6) is 0 Å². The second-order valence-corrected chi connectivity index (χ2v) is 16.4. The summed E-state index contributed by atoms with van der Waals surface area (Å²) in [5, 5.41) is 5.00. The Morgan fingerprint density at radius 1 is 0.323 bits per heavy atom. The maximum atomic E-state index is 8.14. The summed E-state index contributed by atoms with van der Waals surface area (Å²) >= 11 is 0. The third kappa shape index (κ3) is 7.53. The van der Waals surface area contributed by atoms with Gasteiger partial charge in [-0.15, -0.1) is 0 Å². The van der Waals surface area contributed by atoms with E-state index >= 15 is 0 Å². The standard InChI is InChI=1S/C58H42N4/c1-36-27-37(2)30-50(29-36)57-60-56(61-58(62-57)51-31-38(3)28-39(4)32-51)44-20-15-41(16-21-44)40-13-17-43(18-14-40)54-26-24-48(35-55(54)59-5)46-11-8-10-45(33-46)47-23-25-53-49(34-47)22-19-42-9-6-7-12-52(42)53/h6-35H,1-4H3. The van der Waals surface area contributed by atoms with Crippen molar-refractivity contribution in [2.45, 2.75) is 27.7 Å². The Morgan fingerprint density at radius 3 is 1.37 bits per heavy atom. The average molecular weight is 795 g/mol. The van der Waals surface area contributed by atoms with Crippen molar-refractivity contribution in [1.29, 1.82) is 0 Å². The third-order valence-corrected chi connectivity index (χ3v) is 11.7. The predicted octanol–water partition coefficient (Wildman–Crippen LogP) is 15.6. The number of aromatic nitrogens is 3. The molecule has 0 atom stereocenters. The van der Waals surface area contributed by atoms with Crippen LogP contribution in [0, 0.1) is 34.3 Å².